The molecule has 0 aromatic heterocycles. The number of nitrogens with one attached hydrogen (secondary N) is 1. The van der Waals surface area contributed by atoms with Gasteiger partial charge in [0.25, 0.3) is 0 Å². The molecule has 0 radical (unpaired) electrons. The second-order valence-electron chi connectivity index (χ2n) is 6.56. The summed E-state index contributed by atoms with van der Waals surface area (Å²) < 4.78 is 5.18. The highest BCUT2D eigenvalue weighted by Gasteiger charge is 2.37. The van der Waals surface area contributed by atoms with Gasteiger partial charge in [0.05, 0.1) is 0 Å². The molecule has 1 fully saturated rings. The molecule has 1 aliphatic carbocycles. The van der Waals surface area contributed by atoms with Crippen LogP contribution >= 0.6 is 0 Å². The molecular weight excluding hydrogens is 274 g/mol. The first kappa shape index (κ1) is 17.5. The van der Waals surface area contributed by atoms with Gasteiger partial charge in [-0.2, -0.15) is 0 Å². The second kappa shape index (κ2) is 6.91. The molecule has 6 heteroatoms. The summed E-state index contributed by atoms with van der Waals surface area (Å²) in [6.07, 6.45) is 1.64. The van der Waals surface area contributed by atoms with E-state index in [0.29, 0.717) is 0 Å². The third-order valence-corrected chi connectivity index (χ3v) is 3.41. The van der Waals surface area contributed by atoms with Crippen molar-refractivity contribution in [2.24, 2.45) is 11.8 Å². The van der Waals surface area contributed by atoms with Crippen LogP contribution in [0.4, 0.5) is 4.79 Å². The number of carboxylic acids is 1. The topological polar surface area (TPSA) is 92.7 Å². The van der Waals surface area contributed by atoms with Gasteiger partial charge in [0.2, 0.25) is 0 Å². The van der Waals surface area contributed by atoms with Crippen LogP contribution in [0.25, 0.3) is 0 Å². The third kappa shape index (κ3) is 6.14. The number of ether oxygens (including phenoxy) is 1. The van der Waals surface area contributed by atoms with Gasteiger partial charge < -0.3 is 15.2 Å². The molecule has 1 aliphatic rings. The molecule has 0 heterocycles. The van der Waals surface area contributed by atoms with Gasteiger partial charge in [-0.05, 0) is 46.0 Å². The molecule has 0 bridgehead atoms. The molecule has 21 heavy (non-hydrogen) atoms. The van der Waals surface area contributed by atoms with Crippen molar-refractivity contribution in [3.8, 4) is 0 Å². The Morgan fingerprint density at radius 1 is 1.29 bits per heavy atom. The highest BCUT2D eigenvalue weighted by molar-refractivity contribution is 5.98. The molecule has 0 aromatic carbocycles. The molecule has 0 spiro atoms. The number of carboxylic acid groups (broad SMARTS) is 1. The highest BCUT2D eigenvalue weighted by atomic mass is 16.6. The zero-order chi connectivity index (χ0) is 16.2. The maximum absolute atomic E-state index is 12.1. The minimum absolute atomic E-state index is 0.0503. The Bertz CT molecular complexity index is 409. The van der Waals surface area contributed by atoms with Crippen molar-refractivity contribution in [3.05, 3.63) is 0 Å². The molecule has 6 nitrogen and oxygen atoms in total. The summed E-state index contributed by atoms with van der Waals surface area (Å²) in [5, 5.41) is 11.7. The van der Waals surface area contributed by atoms with E-state index < -0.39 is 23.6 Å². The Kier molecular flexibility index (Phi) is 5.75. The molecule has 2 atom stereocenters. The van der Waals surface area contributed by atoms with Gasteiger partial charge >= 0.3 is 12.1 Å². The van der Waals surface area contributed by atoms with E-state index in [0.717, 1.165) is 12.8 Å². The normalized spacial score (nSPS) is 17.7. The first-order valence-corrected chi connectivity index (χ1v) is 7.39. The van der Waals surface area contributed by atoms with Crippen LogP contribution in [0.15, 0.2) is 0 Å². The average molecular weight is 299 g/mol. The zero-order valence-electron chi connectivity index (χ0n) is 13.1. The van der Waals surface area contributed by atoms with Crippen molar-refractivity contribution in [2.75, 3.05) is 0 Å². The summed E-state index contributed by atoms with van der Waals surface area (Å²) in [4.78, 5) is 34.9. The van der Waals surface area contributed by atoms with Crippen molar-refractivity contribution in [1.82, 2.24) is 5.32 Å². The quantitative estimate of drug-likeness (QED) is 0.704. The summed E-state index contributed by atoms with van der Waals surface area (Å²) in [6.45, 7) is 6.97. The molecule has 1 amide bonds. The van der Waals surface area contributed by atoms with E-state index in [1.165, 1.54) is 0 Å². The van der Waals surface area contributed by atoms with Gasteiger partial charge in [-0.15, -0.1) is 0 Å². The average Bonchev–Trinajstić information content (AvgIpc) is 3.09. The van der Waals surface area contributed by atoms with Crippen molar-refractivity contribution < 1.29 is 24.2 Å². The van der Waals surface area contributed by atoms with E-state index in [1.807, 2.05) is 0 Å². The first-order valence-electron chi connectivity index (χ1n) is 7.39. The van der Waals surface area contributed by atoms with Crippen molar-refractivity contribution in [2.45, 2.75) is 65.0 Å². The Balaban J connectivity index is 2.60. The smallest absolute Gasteiger partial charge is 0.407 e. The van der Waals surface area contributed by atoms with E-state index in [-0.39, 0.29) is 30.6 Å². The number of rotatable bonds is 7. The lowest BCUT2D eigenvalue weighted by molar-refractivity contribution is -0.146. The summed E-state index contributed by atoms with van der Waals surface area (Å²) in [6, 6.07) is -0.333. The number of amides is 1. The maximum atomic E-state index is 12.1. The monoisotopic (exact) mass is 299 g/mol. The number of hydrogen-bond donors (Lipinski definition) is 2. The largest absolute Gasteiger partial charge is 0.481 e. The minimum atomic E-state index is -1.10. The fourth-order valence-corrected chi connectivity index (χ4v) is 2.19. The van der Waals surface area contributed by atoms with E-state index in [2.05, 4.69) is 5.32 Å². The molecule has 0 saturated heterocycles. The van der Waals surface area contributed by atoms with Gasteiger partial charge in [-0.25, -0.2) is 4.79 Å². The number of hydrogen-bond acceptors (Lipinski definition) is 4. The van der Waals surface area contributed by atoms with E-state index in [9.17, 15) is 14.4 Å². The number of Topliss-reactive ketones (excluding diaryl/α,β-unsaturated/α-hetero) is 1. The van der Waals surface area contributed by atoms with Crippen LogP contribution in [0, 0.1) is 11.8 Å². The fraction of sp³-hybridized carbons (Fsp3) is 0.800. The first-order chi connectivity index (χ1) is 9.64. The second-order valence-corrected chi connectivity index (χ2v) is 6.56. The Morgan fingerprint density at radius 2 is 1.86 bits per heavy atom. The Morgan fingerprint density at radius 3 is 2.24 bits per heavy atom. The number of aliphatic carboxylic acids is 1. The summed E-state index contributed by atoms with van der Waals surface area (Å²) in [5.41, 5.74) is -0.602. The number of ketones is 1. The highest BCUT2D eigenvalue weighted by Crippen LogP contribution is 2.34. The Hall–Kier alpha value is -1.59. The zero-order valence-corrected chi connectivity index (χ0v) is 13.1. The number of alkyl carbamates (subject to hydrolysis) is 1. The Labute approximate surface area is 125 Å². The summed E-state index contributed by atoms with van der Waals surface area (Å²) >= 11 is 0. The summed E-state index contributed by atoms with van der Waals surface area (Å²) in [7, 11) is 0. The molecule has 2 N–H and O–H groups in total. The van der Waals surface area contributed by atoms with Crippen LogP contribution in [-0.2, 0) is 14.3 Å². The predicted molar refractivity (Wildman–Crippen MR) is 76.9 cm³/mol. The lowest BCUT2D eigenvalue weighted by atomic mass is 9.94. The van der Waals surface area contributed by atoms with Gasteiger partial charge in [0, 0.05) is 12.5 Å². The van der Waals surface area contributed by atoms with Crippen molar-refractivity contribution in [1.29, 1.82) is 0 Å². The van der Waals surface area contributed by atoms with Crippen LogP contribution in [0.5, 0.6) is 0 Å². The van der Waals surface area contributed by atoms with Gasteiger partial charge in [-0.3, -0.25) is 9.59 Å². The molecule has 0 aliphatic heterocycles. The SMILES string of the molecule is CCC(C(=O)O)C(=O)CC(NC(=O)OC(C)(C)C)C1CC1. The third-order valence-electron chi connectivity index (χ3n) is 3.41. The molecule has 1 rings (SSSR count). The number of carbonyl (C=O) groups excluding carboxylic acids is 2. The minimum Gasteiger partial charge on any atom is -0.481 e. The lowest BCUT2D eigenvalue weighted by Gasteiger charge is -2.24. The van der Waals surface area contributed by atoms with Crippen LogP contribution < -0.4 is 5.32 Å². The van der Waals surface area contributed by atoms with Crippen LogP contribution in [0.1, 0.15) is 53.4 Å². The number of carbonyl (C=O) groups is 3. The van der Waals surface area contributed by atoms with Gasteiger partial charge in [0.15, 0.2) is 0 Å². The van der Waals surface area contributed by atoms with Gasteiger partial charge in [-0.1, -0.05) is 6.92 Å². The molecule has 2 unspecified atom stereocenters. The summed E-state index contributed by atoms with van der Waals surface area (Å²) in [5.74, 6) is -2.19. The van der Waals surface area contributed by atoms with E-state index in [1.54, 1.807) is 27.7 Å². The van der Waals surface area contributed by atoms with Gasteiger partial charge in [0.1, 0.15) is 17.3 Å². The molecule has 1 saturated carbocycles. The fourth-order valence-electron chi connectivity index (χ4n) is 2.19. The molecule has 0 aromatic rings. The standard InChI is InChI=1S/C15H25NO5/c1-5-10(13(18)19)12(17)8-11(9-6-7-9)16-14(20)21-15(2,3)4/h9-11H,5-8H2,1-4H3,(H,16,20)(H,18,19). The molecule has 120 valence electrons. The van der Waals surface area contributed by atoms with E-state index >= 15 is 0 Å². The maximum Gasteiger partial charge on any atom is 0.407 e. The van der Waals surface area contributed by atoms with Crippen LogP contribution in [0.3, 0.4) is 0 Å². The van der Waals surface area contributed by atoms with E-state index in [4.69, 9.17) is 9.84 Å². The predicted octanol–water partition coefficient (Wildman–Crippen LogP) is 2.36. The van der Waals surface area contributed by atoms with Crippen molar-refractivity contribution >= 4 is 17.8 Å². The lowest BCUT2D eigenvalue weighted by Crippen LogP contribution is -2.42. The van der Waals surface area contributed by atoms with Crippen LogP contribution in [-0.4, -0.2) is 34.6 Å². The van der Waals surface area contributed by atoms with Crippen LogP contribution in [0.2, 0.25) is 0 Å². The molecular formula is C15H25NO5. The van der Waals surface area contributed by atoms with Crippen molar-refractivity contribution in [3.63, 3.8) is 0 Å².